The predicted molar refractivity (Wildman–Crippen MR) is 82.2 cm³/mol. The van der Waals surface area contributed by atoms with Crippen molar-refractivity contribution in [1.29, 1.82) is 0 Å². The van der Waals surface area contributed by atoms with Crippen molar-refractivity contribution in [2.24, 2.45) is 11.8 Å². The fourth-order valence-electron chi connectivity index (χ4n) is 3.47. The molecule has 1 aromatic heterocycles. The molecule has 0 aliphatic heterocycles. The van der Waals surface area contributed by atoms with Crippen LogP contribution in [-0.4, -0.2) is 21.9 Å². The fraction of sp³-hybridized carbons (Fsp3) is 0.706. The third-order valence-corrected chi connectivity index (χ3v) is 5.26. The van der Waals surface area contributed by atoms with Gasteiger partial charge in [-0.25, -0.2) is 4.98 Å². The van der Waals surface area contributed by atoms with Crippen LogP contribution in [0.5, 0.6) is 0 Å². The Morgan fingerprint density at radius 3 is 2.62 bits per heavy atom. The lowest BCUT2D eigenvalue weighted by Gasteiger charge is -2.26. The Morgan fingerprint density at radius 2 is 1.90 bits per heavy atom. The summed E-state index contributed by atoms with van der Waals surface area (Å²) in [4.78, 5) is 21.4. The molecule has 4 heteroatoms. The average Bonchev–Trinajstić information content (AvgIpc) is 2.76. The van der Waals surface area contributed by atoms with Crippen LogP contribution in [0.4, 0.5) is 0 Å². The highest BCUT2D eigenvalue weighted by Crippen LogP contribution is 2.34. The maximum atomic E-state index is 12.4. The lowest BCUT2D eigenvalue weighted by Crippen LogP contribution is -2.37. The highest BCUT2D eigenvalue weighted by molar-refractivity contribution is 5.92. The molecule has 0 spiro atoms. The Labute approximate surface area is 126 Å². The zero-order valence-corrected chi connectivity index (χ0v) is 13.2. The topological polar surface area (TPSA) is 54.9 Å². The van der Waals surface area contributed by atoms with Gasteiger partial charge in [0.1, 0.15) is 5.69 Å². The molecule has 2 aliphatic carbocycles. The SMILES string of the molecule is CC1Cc2ncc(C(=O)N[C@H]3CC[C@H](C)CC3)nc2C1C. The van der Waals surface area contributed by atoms with E-state index in [0.29, 0.717) is 23.6 Å². The quantitative estimate of drug-likeness (QED) is 0.909. The highest BCUT2D eigenvalue weighted by Gasteiger charge is 2.29. The van der Waals surface area contributed by atoms with Gasteiger partial charge in [0.15, 0.2) is 0 Å². The second kappa shape index (κ2) is 5.74. The van der Waals surface area contributed by atoms with Gasteiger partial charge in [0, 0.05) is 12.0 Å². The fourth-order valence-corrected chi connectivity index (χ4v) is 3.47. The maximum absolute atomic E-state index is 12.4. The van der Waals surface area contributed by atoms with Crippen LogP contribution in [0.2, 0.25) is 0 Å². The molecule has 1 amide bonds. The molecule has 1 N–H and O–H groups in total. The number of rotatable bonds is 2. The van der Waals surface area contributed by atoms with Crippen LogP contribution in [0.3, 0.4) is 0 Å². The van der Waals surface area contributed by atoms with Crippen LogP contribution >= 0.6 is 0 Å². The molecule has 0 radical (unpaired) electrons. The van der Waals surface area contributed by atoms with Crippen molar-refractivity contribution < 1.29 is 4.79 Å². The van der Waals surface area contributed by atoms with Gasteiger partial charge in [0.25, 0.3) is 5.91 Å². The van der Waals surface area contributed by atoms with Gasteiger partial charge in [-0.05, 0) is 43.9 Å². The summed E-state index contributed by atoms with van der Waals surface area (Å²) in [5.74, 6) is 1.70. The summed E-state index contributed by atoms with van der Waals surface area (Å²) in [6.07, 6.45) is 7.19. The molecule has 1 saturated carbocycles. The van der Waals surface area contributed by atoms with E-state index in [1.54, 1.807) is 6.20 Å². The first-order chi connectivity index (χ1) is 10.0. The number of hydrogen-bond donors (Lipinski definition) is 1. The molecule has 2 aliphatic rings. The van der Waals surface area contributed by atoms with Crippen LogP contribution in [0.25, 0.3) is 0 Å². The third kappa shape index (κ3) is 2.94. The Balaban J connectivity index is 1.69. The molecule has 1 heterocycles. The standard InChI is InChI=1S/C17H25N3O/c1-10-4-6-13(7-5-10)19-17(21)15-9-18-14-8-11(2)12(3)16(14)20-15/h9-13H,4-8H2,1-3H3,(H,19,21)/t10-,11?,12?,13-. The normalized spacial score (nSPS) is 31.8. The minimum Gasteiger partial charge on any atom is -0.348 e. The molecule has 0 aromatic carbocycles. The largest absolute Gasteiger partial charge is 0.348 e. The van der Waals surface area contributed by atoms with Crippen LogP contribution in [0.15, 0.2) is 6.20 Å². The number of carbonyl (C=O) groups excluding carboxylic acids is 1. The van der Waals surface area contributed by atoms with Crippen LogP contribution < -0.4 is 5.32 Å². The summed E-state index contributed by atoms with van der Waals surface area (Å²) in [7, 11) is 0. The second-order valence-electron chi connectivity index (χ2n) is 6.99. The van der Waals surface area contributed by atoms with E-state index in [9.17, 15) is 4.79 Å². The first-order valence-corrected chi connectivity index (χ1v) is 8.21. The zero-order valence-electron chi connectivity index (χ0n) is 13.2. The van der Waals surface area contributed by atoms with Crippen LogP contribution in [0, 0.1) is 11.8 Å². The zero-order chi connectivity index (χ0) is 15.0. The average molecular weight is 287 g/mol. The van der Waals surface area contributed by atoms with Gasteiger partial charge in [-0.2, -0.15) is 0 Å². The van der Waals surface area contributed by atoms with Crippen molar-refractivity contribution in [2.45, 2.75) is 64.8 Å². The number of aromatic nitrogens is 2. The lowest BCUT2D eigenvalue weighted by molar-refractivity contribution is 0.0917. The molecular weight excluding hydrogens is 262 g/mol. The Hall–Kier alpha value is -1.45. The summed E-state index contributed by atoms with van der Waals surface area (Å²) in [6, 6.07) is 0.306. The smallest absolute Gasteiger partial charge is 0.271 e. The van der Waals surface area contributed by atoms with E-state index in [4.69, 9.17) is 0 Å². The van der Waals surface area contributed by atoms with Gasteiger partial charge in [0.2, 0.25) is 0 Å². The number of fused-ring (bicyclic) bond motifs is 1. The van der Waals surface area contributed by atoms with E-state index in [-0.39, 0.29) is 5.91 Å². The minimum atomic E-state index is -0.0587. The van der Waals surface area contributed by atoms with Crippen LogP contribution in [-0.2, 0) is 6.42 Å². The molecule has 114 valence electrons. The first-order valence-electron chi connectivity index (χ1n) is 8.21. The molecule has 0 bridgehead atoms. The van der Waals surface area contributed by atoms with Gasteiger partial charge < -0.3 is 5.32 Å². The van der Waals surface area contributed by atoms with Gasteiger partial charge in [-0.3, -0.25) is 9.78 Å². The second-order valence-corrected chi connectivity index (χ2v) is 6.99. The van der Waals surface area contributed by atoms with Crippen molar-refractivity contribution in [2.75, 3.05) is 0 Å². The summed E-state index contributed by atoms with van der Waals surface area (Å²) in [6.45, 7) is 6.68. The number of nitrogens with one attached hydrogen (secondary N) is 1. The van der Waals surface area contributed by atoms with Crippen LogP contribution in [0.1, 0.15) is 74.2 Å². The Bertz CT molecular complexity index is 535. The molecule has 0 saturated heterocycles. The molecule has 21 heavy (non-hydrogen) atoms. The Kier molecular flexibility index (Phi) is 3.96. The van der Waals surface area contributed by atoms with Crippen molar-refractivity contribution in [3.8, 4) is 0 Å². The van der Waals surface area contributed by atoms with E-state index >= 15 is 0 Å². The number of carbonyl (C=O) groups is 1. The summed E-state index contributed by atoms with van der Waals surface area (Å²) >= 11 is 0. The highest BCUT2D eigenvalue weighted by atomic mass is 16.1. The first kappa shape index (κ1) is 14.5. The van der Waals surface area contributed by atoms with E-state index in [1.165, 1.54) is 12.8 Å². The van der Waals surface area contributed by atoms with Crippen molar-refractivity contribution in [1.82, 2.24) is 15.3 Å². The maximum Gasteiger partial charge on any atom is 0.271 e. The minimum absolute atomic E-state index is 0.0587. The van der Waals surface area contributed by atoms with E-state index in [1.807, 2.05) is 0 Å². The molecular formula is C17H25N3O. The predicted octanol–water partition coefficient (Wildman–Crippen LogP) is 3.08. The number of amides is 1. The van der Waals surface area contributed by atoms with Gasteiger partial charge >= 0.3 is 0 Å². The van der Waals surface area contributed by atoms with E-state index in [0.717, 1.165) is 36.6 Å². The van der Waals surface area contributed by atoms with Gasteiger partial charge in [-0.15, -0.1) is 0 Å². The van der Waals surface area contributed by atoms with Crippen molar-refractivity contribution in [3.63, 3.8) is 0 Å². The molecule has 3 rings (SSSR count). The summed E-state index contributed by atoms with van der Waals surface area (Å²) < 4.78 is 0. The monoisotopic (exact) mass is 287 g/mol. The number of hydrogen-bond acceptors (Lipinski definition) is 3. The Morgan fingerprint density at radius 1 is 1.19 bits per heavy atom. The molecule has 1 aromatic rings. The van der Waals surface area contributed by atoms with Gasteiger partial charge in [0.05, 0.1) is 17.6 Å². The third-order valence-electron chi connectivity index (χ3n) is 5.26. The van der Waals surface area contributed by atoms with E-state index < -0.39 is 0 Å². The van der Waals surface area contributed by atoms with Gasteiger partial charge in [-0.1, -0.05) is 20.8 Å². The molecule has 2 unspecified atom stereocenters. The number of nitrogens with zero attached hydrogens (tertiary/aromatic N) is 2. The van der Waals surface area contributed by atoms with Crippen molar-refractivity contribution in [3.05, 3.63) is 23.3 Å². The molecule has 2 atom stereocenters. The molecule has 1 fully saturated rings. The summed E-state index contributed by atoms with van der Waals surface area (Å²) in [5, 5.41) is 3.13. The van der Waals surface area contributed by atoms with E-state index in [2.05, 4.69) is 36.1 Å². The van der Waals surface area contributed by atoms with Crippen molar-refractivity contribution >= 4 is 5.91 Å². The summed E-state index contributed by atoms with van der Waals surface area (Å²) in [5.41, 5.74) is 2.57. The molecule has 4 nitrogen and oxygen atoms in total. The lowest BCUT2D eigenvalue weighted by atomic mass is 9.87.